The van der Waals surface area contributed by atoms with E-state index in [0.717, 1.165) is 5.56 Å². The van der Waals surface area contributed by atoms with E-state index in [1.54, 1.807) is 66.7 Å². The van der Waals surface area contributed by atoms with Crippen LogP contribution in [0.2, 0.25) is 0 Å². The van der Waals surface area contributed by atoms with E-state index >= 15 is 0 Å². The molecular formula is C32H29F3N2O5S. The predicted molar refractivity (Wildman–Crippen MR) is 157 cm³/mol. The van der Waals surface area contributed by atoms with Gasteiger partial charge in [-0.3, -0.25) is 4.79 Å². The number of nitrogens with one attached hydrogen (secondary N) is 1. The van der Waals surface area contributed by atoms with E-state index in [4.69, 9.17) is 4.74 Å². The molecule has 1 heterocycles. The monoisotopic (exact) mass is 610 g/mol. The number of rotatable bonds is 8. The molecule has 0 radical (unpaired) electrons. The number of hydrogen-bond acceptors (Lipinski definition) is 5. The highest BCUT2D eigenvalue weighted by atomic mass is 32.2. The Balaban J connectivity index is 1.24. The zero-order valence-corrected chi connectivity index (χ0v) is 24.0. The molecule has 224 valence electrons. The number of carbonyl (C=O) groups excluding carboxylic acids is 1. The lowest BCUT2D eigenvalue weighted by atomic mass is 9.94. The fourth-order valence-electron chi connectivity index (χ4n) is 5.03. The standard InChI is InChI=1S/C32H29F3N2O5S/c1-22-7-5-12-29(30(22)23-13-15-26(16-14-23)42-32(33,34)35)31(38)36-24-8-6-9-27(21-24)41-25-17-19-37(20-18-25)43(39,40)28-10-3-2-4-11-28/h2-16,21,25H,17-20H2,1H3,(H,36,38). The lowest BCUT2D eigenvalue weighted by Gasteiger charge is -2.31. The molecule has 4 aromatic rings. The highest BCUT2D eigenvalue weighted by Gasteiger charge is 2.31. The molecule has 1 amide bonds. The zero-order valence-electron chi connectivity index (χ0n) is 23.2. The Labute approximate surface area is 247 Å². The first-order valence-corrected chi connectivity index (χ1v) is 15.0. The van der Waals surface area contributed by atoms with Crippen molar-refractivity contribution in [3.63, 3.8) is 0 Å². The van der Waals surface area contributed by atoms with E-state index in [-0.39, 0.29) is 16.7 Å². The lowest BCUT2D eigenvalue weighted by molar-refractivity contribution is -0.274. The topological polar surface area (TPSA) is 84.9 Å². The number of alkyl halides is 3. The summed E-state index contributed by atoms with van der Waals surface area (Å²) in [5, 5.41) is 2.88. The van der Waals surface area contributed by atoms with Crippen LogP contribution in [0.25, 0.3) is 11.1 Å². The first-order valence-electron chi connectivity index (χ1n) is 13.6. The van der Waals surface area contributed by atoms with Crippen LogP contribution in [0.1, 0.15) is 28.8 Å². The minimum Gasteiger partial charge on any atom is -0.490 e. The number of carbonyl (C=O) groups is 1. The Bertz CT molecular complexity index is 1690. The number of piperidine rings is 1. The van der Waals surface area contributed by atoms with Crippen molar-refractivity contribution in [1.82, 2.24) is 4.31 Å². The number of hydrogen-bond donors (Lipinski definition) is 1. The van der Waals surface area contributed by atoms with Crippen LogP contribution in [0.4, 0.5) is 18.9 Å². The Morgan fingerprint density at radius 3 is 2.21 bits per heavy atom. The van der Waals surface area contributed by atoms with Gasteiger partial charge in [0.15, 0.2) is 0 Å². The number of amides is 1. The fraction of sp³-hybridized carbons (Fsp3) is 0.219. The van der Waals surface area contributed by atoms with Gasteiger partial charge in [-0.15, -0.1) is 13.2 Å². The Morgan fingerprint density at radius 1 is 0.860 bits per heavy atom. The molecule has 1 aliphatic heterocycles. The van der Waals surface area contributed by atoms with Crippen LogP contribution in [0.15, 0.2) is 102 Å². The van der Waals surface area contributed by atoms with Crippen LogP contribution in [0.5, 0.6) is 11.5 Å². The maximum absolute atomic E-state index is 13.4. The van der Waals surface area contributed by atoms with Crippen LogP contribution >= 0.6 is 0 Å². The van der Waals surface area contributed by atoms with Crippen molar-refractivity contribution in [3.8, 4) is 22.6 Å². The summed E-state index contributed by atoms with van der Waals surface area (Å²) in [5.74, 6) is -0.214. The van der Waals surface area contributed by atoms with Crippen LogP contribution < -0.4 is 14.8 Å². The van der Waals surface area contributed by atoms with E-state index in [1.807, 2.05) is 13.0 Å². The number of aryl methyl sites for hydroxylation is 1. The van der Waals surface area contributed by atoms with Gasteiger partial charge in [0.2, 0.25) is 10.0 Å². The normalized spacial score (nSPS) is 14.7. The summed E-state index contributed by atoms with van der Waals surface area (Å²) in [6.07, 6.45) is -3.96. The van der Waals surface area contributed by atoms with Gasteiger partial charge < -0.3 is 14.8 Å². The molecule has 0 aromatic heterocycles. The Kier molecular flexibility index (Phi) is 8.74. The Hall–Kier alpha value is -4.35. The molecule has 1 aliphatic rings. The lowest BCUT2D eigenvalue weighted by Crippen LogP contribution is -2.41. The average molecular weight is 611 g/mol. The molecule has 7 nitrogen and oxygen atoms in total. The van der Waals surface area contributed by atoms with Crippen molar-refractivity contribution in [2.45, 2.75) is 37.1 Å². The first-order chi connectivity index (χ1) is 20.5. The van der Waals surface area contributed by atoms with E-state index in [1.165, 1.54) is 28.6 Å². The van der Waals surface area contributed by atoms with Gasteiger partial charge in [-0.2, -0.15) is 4.31 Å². The summed E-state index contributed by atoms with van der Waals surface area (Å²) in [6.45, 7) is 2.48. The van der Waals surface area contributed by atoms with Crippen molar-refractivity contribution in [2.24, 2.45) is 0 Å². The molecule has 0 aliphatic carbocycles. The minimum absolute atomic E-state index is 0.194. The number of nitrogens with zero attached hydrogens (tertiary/aromatic N) is 1. The van der Waals surface area contributed by atoms with Crippen LogP contribution in [-0.4, -0.2) is 44.2 Å². The Morgan fingerprint density at radius 2 is 1.53 bits per heavy atom. The molecule has 5 rings (SSSR count). The molecule has 1 saturated heterocycles. The predicted octanol–water partition coefficient (Wildman–Crippen LogP) is 7.05. The highest BCUT2D eigenvalue weighted by Crippen LogP contribution is 2.32. The molecule has 0 atom stereocenters. The fourth-order valence-corrected chi connectivity index (χ4v) is 6.52. The van der Waals surface area contributed by atoms with Crippen LogP contribution in [-0.2, 0) is 10.0 Å². The molecular weight excluding hydrogens is 581 g/mol. The van der Waals surface area contributed by atoms with Gasteiger partial charge in [0.25, 0.3) is 5.91 Å². The van der Waals surface area contributed by atoms with Gasteiger partial charge in [0, 0.05) is 30.4 Å². The molecule has 43 heavy (non-hydrogen) atoms. The maximum Gasteiger partial charge on any atom is 0.573 e. The third-order valence-corrected chi connectivity index (χ3v) is 8.98. The zero-order chi connectivity index (χ0) is 30.6. The molecule has 0 unspecified atom stereocenters. The summed E-state index contributed by atoms with van der Waals surface area (Å²) < 4.78 is 75.1. The third-order valence-electron chi connectivity index (χ3n) is 7.07. The second-order valence-electron chi connectivity index (χ2n) is 10.1. The van der Waals surface area contributed by atoms with Gasteiger partial charge in [0.1, 0.15) is 17.6 Å². The highest BCUT2D eigenvalue weighted by molar-refractivity contribution is 7.89. The van der Waals surface area contributed by atoms with E-state index in [9.17, 15) is 26.4 Å². The number of anilines is 1. The van der Waals surface area contributed by atoms with Crippen molar-refractivity contribution >= 4 is 21.6 Å². The van der Waals surface area contributed by atoms with Crippen LogP contribution in [0.3, 0.4) is 0 Å². The van der Waals surface area contributed by atoms with Gasteiger partial charge in [-0.05, 0) is 78.9 Å². The van der Waals surface area contributed by atoms with Gasteiger partial charge in [0.05, 0.1) is 4.90 Å². The van der Waals surface area contributed by atoms with E-state index < -0.39 is 22.3 Å². The summed E-state index contributed by atoms with van der Waals surface area (Å²) >= 11 is 0. The largest absolute Gasteiger partial charge is 0.573 e. The minimum atomic E-state index is -4.80. The van der Waals surface area contributed by atoms with E-state index in [0.29, 0.717) is 54.1 Å². The smallest absolute Gasteiger partial charge is 0.490 e. The van der Waals surface area contributed by atoms with E-state index in [2.05, 4.69) is 10.1 Å². The number of halogens is 3. The average Bonchev–Trinajstić information content (AvgIpc) is 2.98. The van der Waals surface area contributed by atoms with Crippen molar-refractivity contribution in [1.29, 1.82) is 0 Å². The van der Waals surface area contributed by atoms with Gasteiger partial charge in [-0.1, -0.05) is 48.5 Å². The number of ether oxygens (including phenoxy) is 2. The summed E-state index contributed by atoms with van der Waals surface area (Å²) in [6, 6.07) is 25.8. The summed E-state index contributed by atoms with van der Waals surface area (Å²) in [4.78, 5) is 13.6. The molecule has 4 aromatic carbocycles. The second-order valence-corrected chi connectivity index (χ2v) is 12.0. The SMILES string of the molecule is Cc1cccc(C(=O)Nc2cccc(OC3CCN(S(=O)(=O)c4ccccc4)CC3)c2)c1-c1ccc(OC(F)(F)F)cc1. The molecule has 1 fully saturated rings. The molecule has 11 heteroatoms. The summed E-state index contributed by atoms with van der Waals surface area (Å²) in [7, 11) is -3.56. The van der Waals surface area contributed by atoms with Crippen molar-refractivity contribution in [3.05, 3.63) is 108 Å². The second kappa shape index (κ2) is 12.5. The van der Waals surface area contributed by atoms with Crippen molar-refractivity contribution < 1.29 is 35.9 Å². The van der Waals surface area contributed by atoms with Gasteiger partial charge >= 0.3 is 6.36 Å². The maximum atomic E-state index is 13.4. The van der Waals surface area contributed by atoms with Crippen molar-refractivity contribution in [2.75, 3.05) is 18.4 Å². The molecule has 0 bridgehead atoms. The number of benzene rings is 4. The number of sulfonamides is 1. The quantitative estimate of drug-likeness (QED) is 0.231. The third kappa shape index (κ3) is 7.36. The first kappa shape index (κ1) is 30.1. The summed E-state index contributed by atoms with van der Waals surface area (Å²) in [5.41, 5.74) is 2.77. The van der Waals surface area contributed by atoms with Crippen LogP contribution in [0, 0.1) is 6.92 Å². The molecule has 1 N–H and O–H groups in total. The molecule has 0 saturated carbocycles. The molecule has 0 spiro atoms. The van der Waals surface area contributed by atoms with Gasteiger partial charge in [-0.25, -0.2) is 8.42 Å².